The van der Waals surface area contributed by atoms with Gasteiger partial charge in [-0.2, -0.15) is 5.10 Å². The number of hydrogen-bond donors (Lipinski definition) is 1. The molecule has 0 amide bonds. The summed E-state index contributed by atoms with van der Waals surface area (Å²) in [5.74, 6) is 2.99. The van der Waals surface area contributed by atoms with E-state index in [1.54, 1.807) is 12.4 Å². The third-order valence-corrected chi connectivity index (χ3v) is 11.1. The van der Waals surface area contributed by atoms with Gasteiger partial charge in [-0.15, -0.1) is 0 Å². The lowest BCUT2D eigenvalue weighted by molar-refractivity contribution is -0.175. The van der Waals surface area contributed by atoms with Crippen LogP contribution in [0.4, 0.5) is 0 Å². The fraction of sp³-hybridized carbons (Fsp3) is 0.759. The van der Waals surface area contributed by atoms with E-state index in [1.165, 1.54) is 25.7 Å². The first-order valence-electron chi connectivity index (χ1n) is 13.8. The van der Waals surface area contributed by atoms with Gasteiger partial charge in [-0.1, -0.05) is 6.92 Å². The number of fused-ring (bicyclic) bond motifs is 6. The molecule has 0 spiro atoms. The highest BCUT2D eigenvalue weighted by molar-refractivity contribution is 5.83. The highest BCUT2D eigenvalue weighted by atomic mass is 16.5. The molecule has 2 aromatic heterocycles. The maximum atomic E-state index is 13.7. The Kier molecular flexibility index (Phi) is 5.65. The Hall–Kier alpha value is -1.79. The van der Waals surface area contributed by atoms with Crippen molar-refractivity contribution in [3.63, 3.8) is 0 Å². The average Bonchev–Trinajstić information content (AvgIpc) is 3.39. The van der Waals surface area contributed by atoms with Gasteiger partial charge < -0.3 is 9.84 Å². The molecule has 4 fully saturated rings. The van der Waals surface area contributed by atoms with Gasteiger partial charge in [-0.25, -0.2) is 0 Å². The van der Waals surface area contributed by atoms with Crippen LogP contribution in [0.15, 0.2) is 24.7 Å². The van der Waals surface area contributed by atoms with Crippen LogP contribution >= 0.6 is 0 Å². The SMILES string of the molecule is COC[C@]12CC[C@@](C)(O)C[C@@H]1CC[C@H]1C3CC[C@H](C(=O)Cn4cc5ccncc5n4)[C@@]3(C)CC[C@@H]12. The van der Waals surface area contributed by atoms with Crippen molar-refractivity contribution in [2.75, 3.05) is 13.7 Å². The summed E-state index contributed by atoms with van der Waals surface area (Å²) < 4.78 is 7.72. The van der Waals surface area contributed by atoms with Gasteiger partial charge in [0.1, 0.15) is 5.52 Å². The van der Waals surface area contributed by atoms with Crippen LogP contribution in [0.1, 0.15) is 71.6 Å². The lowest BCUT2D eigenvalue weighted by Gasteiger charge is -2.62. The highest BCUT2D eigenvalue weighted by Crippen LogP contribution is 2.68. The van der Waals surface area contributed by atoms with Gasteiger partial charge in [0.05, 0.1) is 24.9 Å². The maximum absolute atomic E-state index is 13.7. The molecule has 0 aromatic carbocycles. The van der Waals surface area contributed by atoms with Crippen molar-refractivity contribution >= 4 is 16.7 Å². The molecule has 2 heterocycles. The number of nitrogens with zero attached hydrogens (tertiary/aromatic N) is 3. The number of Topliss-reactive ketones (excluding diaryl/α,β-unsaturated/α-hetero) is 1. The lowest BCUT2D eigenvalue weighted by atomic mass is 9.43. The molecule has 4 aliphatic rings. The molecule has 1 unspecified atom stereocenters. The third-order valence-electron chi connectivity index (χ3n) is 11.1. The Bertz CT molecular complexity index is 1080. The Morgan fingerprint density at radius 2 is 2.00 bits per heavy atom. The number of methoxy groups -OCH3 is 1. The van der Waals surface area contributed by atoms with Crippen molar-refractivity contribution < 1.29 is 14.6 Å². The van der Waals surface area contributed by atoms with Crippen molar-refractivity contribution in [2.45, 2.75) is 83.8 Å². The Balaban J connectivity index is 1.23. The smallest absolute Gasteiger partial charge is 0.157 e. The minimum atomic E-state index is -0.532. The summed E-state index contributed by atoms with van der Waals surface area (Å²) in [5.41, 5.74) is 0.610. The molecule has 4 saturated carbocycles. The van der Waals surface area contributed by atoms with Crippen LogP contribution in [0.5, 0.6) is 0 Å². The number of rotatable bonds is 5. The molecule has 0 aliphatic heterocycles. The van der Waals surface area contributed by atoms with E-state index in [9.17, 15) is 9.90 Å². The highest BCUT2D eigenvalue weighted by Gasteiger charge is 2.63. The standard InChI is InChI=1S/C29H41N3O3/c1-27(34)11-12-29(18-35-3)20(14-27)4-5-21-22-6-7-24(28(22,2)10-8-23(21)29)26(33)17-32-16-19-9-13-30-15-25(19)31-32/h9,13,15-16,20-24,34H,4-8,10-12,14,17-18H2,1-3H3/t20-,21-,22?,23-,24+,27+,28-,29+/m0/s1. The minimum Gasteiger partial charge on any atom is -0.390 e. The van der Waals surface area contributed by atoms with Gasteiger partial charge in [0.25, 0.3) is 0 Å². The molecule has 6 heteroatoms. The lowest BCUT2D eigenvalue weighted by Crippen LogP contribution is -2.58. The summed E-state index contributed by atoms with van der Waals surface area (Å²) in [7, 11) is 1.86. The van der Waals surface area contributed by atoms with E-state index in [2.05, 4.69) is 17.0 Å². The molecule has 8 atom stereocenters. The Morgan fingerprint density at radius 3 is 2.80 bits per heavy atom. The second kappa shape index (κ2) is 8.37. The van der Waals surface area contributed by atoms with E-state index >= 15 is 0 Å². The average molecular weight is 480 g/mol. The van der Waals surface area contributed by atoms with E-state index in [-0.39, 0.29) is 16.7 Å². The zero-order valence-corrected chi connectivity index (χ0v) is 21.6. The van der Waals surface area contributed by atoms with Crippen molar-refractivity contribution in [3.05, 3.63) is 24.7 Å². The van der Waals surface area contributed by atoms with E-state index in [0.717, 1.165) is 49.6 Å². The molecule has 4 aliphatic carbocycles. The summed E-state index contributed by atoms with van der Waals surface area (Å²) >= 11 is 0. The summed E-state index contributed by atoms with van der Waals surface area (Å²) in [6.07, 6.45) is 15.3. The van der Waals surface area contributed by atoms with Crippen LogP contribution in [0.3, 0.4) is 0 Å². The predicted octanol–water partition coefficient (Wildman–Crippen LogP) is 5.04. The molecule has 6 rings (SSSR count). The Morgan fingerprint density at radius 1 is 1.14 bits per heavy atom. The van der Waals surface area contributed by atoms with Crippen molar-refractivity contribution in [1.29, 1.82) is 0 Å². The molecule has 190 valence electrons. The second-order valence-corrected chi connectivity index (χ2v) is 12.9. The van der Waals surface area contributed by atoms with Crippen molar-refractivity contribution in [1.82, 2.24) is 14.8 Å². The third kappa shape index (κ3) is 3.69. The van der Waals surface area contributed by atoms with E-state index < -0.39 is 5.60 Å². The topological polar surface area (TPSA) is 77.2 Å². The summed E-state index contributed by atoms with van der Waals surface area (Å²) in [5, 5.41) is 16.5. The van der Waals surface area contributed by atoms with Crippen LogP contribution in [0.25, 0.3) is 10.9 Å². The van der Waals surface area contributed by atoms with Gasteiger partial charge in [-0.3, -0.25) is 14.5 Å². The Labute approximate surface area is 208 Å². The van der Waals surface area contributed by atoms with E-state index in [1.807, 2.05) is 31.0 Å². The monoisotopic (exact) mass is 479 g/mol. The molecule has 0 radical (unpaired) electrons. The van der Waals surface area contributed by atoms with Crippen LogP contribution in [0.2, 0.25) is 0 Å². The van der Waals surface area contributed by atoms with Crippen LogP contribution in [0, 0.1) is 40.4 Å². The van der Waals surface area contributed by atoms with Gasteiger partial charge in [-0.05, 0) is 105 Å². The number of carbonyl (C=O) groups excluding carboxylic acids is 1. The molecule has 6 nitrogen and oxygen atoms in total. The predicted molar refractivity (Wildman–Crippen MR) is 135 cm³/mol. The fourth-order valence-electron chi connectivity index (χ4n) is 9.58. The fourth-order valence-corrected chi connectivity index (χ4v) is 9.58. The van der Waals surface area contributed by atoms with E-state index in [0.29, 0.717) is 36.0 Å². The van der Waals surface area contributed by atoms with Gasteiger partial charge in [0.15, 0.2) is 5.78 Å². The largest absolute Gasteiger partial charge is 0.390 e. The molecular weight excluding hydrogens is 438 g/mol. The van der Waals surface area contributed by atoms with Crippen molar-refractivity contribution in [2.24, 2.45) is 40.4 Å². The number of carbonyl (C=O) groups is 1. The second-order valence-electron chi connectivity index (χ2n) is 12.9. The first-order chi connectivity index (χ1) is 16.8. The van der Waals surface area contributed by atoms with Crippen LogP contribution in [-0.4, -0.2) is 45.0 Å². The molecule has 2 aromatic rings. The number of ketones is 1. The zero-order chi connectivity index (χ0) is 24.4. The first kappa shape index (κ1) is 23.6. The number of pyridine rings is 1. The molecular formula is C29H41N3O3. The summed E-state index contributed by atoms with van der Waals surface area (Å²) in [4.78, 5) is 17.8. The normalized spacial score (nSPS) is 42.9. The number of aliphatic hydroxyl groups is 1. The minimum absolute atomic E-state index is 0.0909. The number of ether oxygens (including phenoxy) is 1. The van der Waals surface area contributed by atoms with Crippen molar-refractivity contribution in [3.8, 4) is 0 Å². The quantitative estimate of drug-likeness (QED) is 0.650. The summed E-state index contributed by atoms with van der Waals surface area (Å²) in [6, 6.07) is 1.95. The van der Waals surface area contributed by atoms with Gasteiger partial charge in [0, 0.05) is 30.8 Å². The molecule has 35 heavy (non-hydrogen) atoms. The first-order valence-corrected chi connectivity index (χ1v) is 13.8. The number of aromatic nitrogens is 3. The van der Waals surface area contributed by atoms with Gasteiger partial charge in [0.2, 0.25) is 0 Å². The van der Waals surface area contributed by atoms with Crippen LogP contribution < -0.4 is 0 Å². The maximum Gasteiger partial charge on any atom is 0.157 e. The zero-order valence-electron chi connectivity index (χ0n) is 21.6. The summed E-state index contributed by atoms with van der Waals surface area (Å²) in [6.45, 7) is 5.64. The number of hydrogen-bond acceptors (Lipinski definition) is 5. The van der Waals surface area contributed by atoms with Gasteiger partial charge >= 0.3 is 0 Å². The molecule has 0 bridgehead atoms. The molecule has 0 saturated heterocycles. The molecule has 1 N–H and O–H groups in total. The van der Waals surface area contributed by atoms with Crippen LogP contribution in [-0.2, 0) is 16.1 Å². The van der Waals surface area contributed by atoms with E-state index in [4.69, 9.17) is 4.74 Å².